The summed E-state index contributed by atoms with van der Waals surface area (Å²) < 4.78 is 0. The number of nitrogens with one attached hydrogen (secondary N) is 1. The fraction of sp³-hybridized carbons (Fsp3) is 0.304. The highest BCUT2D eigenvalue weighted by Gasteiger charge is 2.36. The van der Waals surface area contributed by atoms with Gasteiger partial charge in [-0.1, -0.05) is 18.2 Å². The van der Waals surface area contributed by atoms with Crippen molar-refractivity contribution in [3.05, 3.63) is 76.0 Å². The molecule has 2 heterocycles. The zero-order chi connectivity index (χ0) is 21.9. The van der Waals surface area contributed by atoms with Crippen LogP contribution in [0.25, 0.3) is 0 Å². The molecule has 30 heavy (non-hydrogen) atoms. The van der Waals surface area contributed by atoms with Gasteiger partial charge in [0.1, 0.15) is 10.9 Å². The van der Waals surface area contributed by atoms with Crippen LogP contribution < -0.4 is 10.2 Å². The van der Waals surface area contributed by atoms with Crippen LogP contribution in [-0.4, -0.2) is 27.3 Å². The van der Waals surface area contributed by atoms with Gasteiger partial charge in [-0.2, -0.15) is 0 Å². The molecular formula is C23H26N4O2S. The average molecular weight is 423 g/mol. The Bertz CT molecular complexity index is 1030. The van der Waals surface area contributed by atoms with E-state index in [2.05, 4.69) is 15.3 Å². The normalized spacial score (nSPS) is 12.3. The lowest BCUT2D eigenvalue weighted by Crippen LogP contribution is -2.49. The lowest BCUT2D eigenvalue weighted by Gasteiger charge is -2.33. The molecule has 0 saturated carbocycles. The van der Waals surface area contributed by atoms with Crippen molar-refractivity contribution in [1.82, 2.24) is 15.3 Å². The maximum atomic E-state index is 13.8. The van der Waals surface area contributed by atoms with E-state index in [4.69, 9.17) is 0 Å². The van der Waals surface area contributed by atoms with E-state index in [9.17, 15) is 9.59 Å². The van der Waals surface area contributed by atoms with E-state index in [1.165, 1.54) is 11.3 Å². The first-order valence-electron chi connectivity index (χ1n) is 9.72. The maximum Gasteiger partial charge on any atom is 0.271 e. The molecule has 0 aliphatic rings. The molecule has 1 aromatic carbocycles. The van der Waals surface area contributed by atoms with E-state index in [-0.39, 0.29) is 11.8 Å². The highest BCUT2D eigenvalue weighted by Crippen LogP contribution is 2.32. The molecule has 156 valence electrons. The standard InChI is InChI=1S/C23H26N4O2S/c1-15-20(30-16(2)25-15)22(29)27(18-9-7-6-8-10-18)19(17-11-13-24-14-12-17)21(28)26-23(3,4)5/h6-14,19H,1-5H3,(H,26,28). The van der Waals surface area contributed by atoms with Gasteiger partial charge in [0.25, 0.3) is 5.91 Å². The third-order valence-corrected chi connectivity index (χ3v) is 5.44. The Morgan fingerprint density at radius 1 is 1.03 bits per heavy atom. The molecule has 3 rings (SSSR count). The van der Waals surface area contributed by atoms with E-state index in [1.54, 1.807) is 29.4 Å². The summed E-state index contributed by atoms with van der Waals surface area (Å²) in [5.74, 6) is -0.514. The van der Waals surface area contributed by atoms with Crippen LogP contribution in [0.1, 0.15) is 52.7 Å². The third kappa shape index (κ3) is 4.91. The Kier molecular flexibility index (Phi) is 6.31. The van der Waals surface area contributed by atoms with Gasteiger partial charge in [0, 0.05) is 23.6 Å². The Balaban J connectivity index is 2.17. The first-order valence-corrected chi connectivity index (χ1v) is 10.5. The van der Waals surface area contributed by atoms with Gasteiger partial charge in [0.05, 0.1) is 10.7 Å². The summed E-state index contributed by atoms with van der Waals surface area (Å²) in [5.41, 5.74) is 1.53. The van der Waals surface area contributed by atoms with Crippen LogP contribution in [0.5, 0.6) is 0 Å². The predicted molar refractivity (Wildman–Crippen MR) is 120 cm³/mol. The summed E-state index contributed by atoms with van der Waals surface area (Å²) in [7, 11) is 0. The van der Waals surface area contributed by atoms with Crippen LogP contribution in [0.2, 0.25) is 0 Å². The predicted octanol–water partition coefficient (Wildman–Crippen LogP) is 4.46. The number of benzene rings is 1. The van der Waals surface area contributed by atoms with Crippen LogP contribution in [0.3, 0.4) is 0 Å². The van der Waals surface area contributed by atoms with Gasteiger partial charge >= 0.3 is 0 Å². The number of carbonyl (C=O) groups excluding carboxylic acids is 2. The van der Waals surface area contributed by atoms with Crippen molar-refractivity contribution in [1.29, 1.82) is 0 Å². The van der Waals surface area contributed by atoms with Gasteiger partial charge < -0.3 is 5.32 Å². The quantitative estimate of drug-likeness (QED) is 0.659. The highest BCUT2D eigenvalue weighted by atomic mass is 32.1. The number of hydrogen-bond acceptors (Lipinski definition) is 5. The van der Waals surface area contributed by atoms with Gasteiger partial charge in [0.15, 0.2) is 0 Å². The number of thiazole rings is 1. The van der Waals surface area contributed by atoms with Gasteiger partial charge in [0.2, 0.25) is 5.91 Å². The number of rotatable bonds is 5. The fourth-order valence-electron chi connectivity index (χ4n) is 3.21. The van der Waals surface area contributed by atoms with E-state index >= 15 is 0 Å². The number of para-hydroxylation sites is 1. The molecule has 1 atom stereocenters. The highest BCUT2D eigenvalue weighted by molar-refractivity contribution is 7.13. The van der Waals surface area contributed by atoms with Gasteiger partial charge in [-0.05, 0) is 64.4 Å². The Hall–Kier alpha value is -3.06. The molecule has 0 saturated heterocycles. The van der Waals surface area contributed by atoms with Crippen molar-refractivity contribution >= 4 is 28.8 Å². The molecule has 0 spiro atoms. The zero-order valence-corrected chi connectivity index (χ0v) is 18.7. The van der Waals surface area contributed by atoms with Crippen LogP contribution in [0.15, 0.2) is 54.9 Å². The molecule has 1 unspecified atom stereocenters. The number of anilines is 1. The minimum absolute atomic E-state index is 0.254. The molecule has 0 bridgehead atoms. The first-order chi connectivity index (χ1) is 14.2. The average Bonchev–Trinajstić information content (AvgIpc) is 3.03. The third-order valence-electron chi connectivity index (χ3n) is 4.38. The smallest absolute Gasteiger partial charge is 0.271 e. The van der Waals surface area contributed by atoms with Crippen molar-refractivity contribution < 1.29 is 9.59 Å². The van der Waals surface area contributed by atoms with Crippen molar-refractivity contribution in [3.8, 4) is 0 Å². The number of carbonyl (C=O) groups is 2. The molecule has 0 fully saturated rings. The second kappa shape index (κ2) is 8.75. The van der Waals surface area contributed by atoms with Crippen molar-refractivity contribution in [2.24, 2.45) is 0 Å². The molecule has 2 amide bonds. The molecule has 1 N–H and O–H groups in total. The minimum Gasteiger partial charge on any atom is -0.349 e. The lowest BCUT2D eigenvalue weighted by molar-refractivity contribution is -0.123. The molecule has 0 radical (unpaired) electrons. The number of hydrogen-bond donors (Lipinski definition) is 1. The Morgan fingerprint density at radius 2 is 1.67 bits per heavy atom. The minimum atomic E-state index is -0.857. The number of pyridine rings is 1. The summed E-state index contributed by atoms with van der Waals surface area (Å²) in [4.78, 5) is 37.8. The van der Waals surface area contributed by atoms with Gasteiger partial charge in [-0.25, -0.2) is 4.98 Å². The van der Waals surface area contributed by atoms with Crippen molar-refractivity contribution in [2.75, 3.05) is 4.90 Å². The first kappa shape index (κ1) is 21.6. The van der Waals surface area contributed by atoms with E-state index in [1.807, 2.05) is 65.0 Å². The SMILES string of the molecule is Cc1nc(C)c(C(=O)N(c2ccccc2)C(C(=O)NC(C)(C)C)c2ccncc2)s1. The topological polar surface area (TPSA) is 75.2 Å². The number of amides is 2. The van der Waals surface area contributed by atoms with E-state index < -0.39 is 11.6 Å². The van der Waals surface area contributed by atoms with Crippen LogP contribution in [0.4, 0.5) is 5.69 Å². The summed E-state index contributed by atoms with van der Waals surface area (Å²) in [6, 6.07) is 11.9. The summed E-state index contributed by atoms with van der Waals surface area (Å²) >= 11 is 1.34. The number of aromatic nitrogens is 2. The zero-order valence-electron chi connectivity index (χ0n) is 17.8. The Labute approximate surface area is 181 Å². The van der Waals surface area contributed by atoms with Crippen LogP contribution >= 0.6 is 11.3 Å². The van der Waals surface area contributed by atoms with E-state index in [0.717, 1.165) is 5.01 Å². The van der Waals surface area contributed by atoms with Crippen LogP contribution in [0, 0.1) is 13.8 Å². The Morgan fingerprint density at radius 3 is 2.20 bits per heavy atom. The lowest BCUT2D eigenvalue weighted by atomic mass is 10.0. The molecule has 2 aromatic heterocycles. The summed E-state index contributed by atoms with van der Waals surface area (Å²) in [6.45, 7) is 9.43. The van der Waals surface area contributed by atoms with Gasteiger partial charge in [-0.15, -0.1) is 11.3 Å². The molecule has 0 aliphatic heterocycles. The number of aryl methyl sites for hydroxylation is 2. The van der Waals surface area contributed by atoms with Crippen molar-refractivity contribution in [3.63, 3.8) is 0 Å². The van der Waals surface area contributed by atoms with Gasteiger partial charge in [-0.3, -0.25) is 19.5 Å². The largest absolute Gasteiger partial charge is 0.349 e. The summed E-state index contributed by atoms with van der Waals surface area (Å²) in [6.07, 6.45) is 3.25. The molecule has 7 heteroatoms. The second-order valence-corrected chi connectivity index (χ2v) is 9.28. The summed E-state index contributed by atoms with van der Waals surface area (Å²) in [5, 5.41) is 3.84. The molecule has 6 nitrogen and oxygen atoms in total. The second-order valence-electron chi connectivity index (χ2n) is 8.08. The molecule has 3 aromatic rings. The monoisotopic (exact) mass is 422 g/mol. The maximum absolute atomic E-state index is 13.8. The number of nitrogens with zero attached hydrogens (tertiary/aromatic N) is 3. The molecular weight excluding hydrogens is 396 g/mol. The molecule has 0 aliphatic carbocycles. The van der Waals surface area contributed by atoms with Crippen molar-refractivity contribution in [2.45, 2.75) is 46.2 Å². The fourth-order valence-corrected chi connectivity index (χ4v) is 4.07. The van der Waals surface area contributed by atoms with Crippen LogP contribution in [-0.2, 0) is 4.79 Å². The van der Waals surface area contributed by atoms with E-state index in [0.29, 0.717) is 21.8 Å².